The Balaban J connectivity index is 2.39. The number of para-hydroxylation sites is 1. The molecule has 0 saturated heterocycles. The topological polar surface area (TPSA) is 54.4 Å². The molecule has 1 aliphatic rings. The fourth-order valence-corrected chi connectivity index (χ4v) is 3.65. The van der Waals surface area contributed by atoms with E-state index in [0.717, 1.165) is 5.56 Å². The Morgan fingerprint density at radius 1 is 1.26 bits per heavy atom. The minimum absolute atomic E-state index is 0.0933. The van der Waals surface area contributed by atoms with Crippen LogP contribution in [0.3, 0.4) is 0 Å². The molecule has 3 nitrogen and oxygen atoms in total. The van der Waals surface area contributed by atoms with Crippen LogP contribution >= 0.6 is 0 Å². The molecule has 2 unspecified atom stereocenters. The Bertz CT molecular complexity index is 559. The van der Waals surface area contributed by atoms with Crippen molar-refractivity contribution in [3.63, 3.8) is 0 Å². The number of aromatic hydroxyl groups is 1. The van der Waals surface area contributed by atoms with Gasteiger partial charge in [0.15, 0.2) is 9.84 Å². The first-order valence-electron chi connectivity index (χ1n) is 6.91. The molecule has 1 saturated carbocycles. The summed E-state index contributed by atoms with van der Waals surface area (Å²) < 4.78 is 23.9. The van der Waals surface area contributed by atoms with Crippen LogP contribution in [0.25, 0.3) is 0 Å². The summed E-state index contributed by atoms with van der Waals surface area (Å²) in [6, 6.07) is 5.48. The van der Waals surface area contributed by atoms with Gasteiger partial charge in [-0.1, -0.05) is 32.0 Å². The summed E-state index contributed by atoms with van der Waals surface area (Å²) in [4.78, 5) is 0. The highest BCUT2D eigenvalue weighted by Gasteiger charge is 2.32. The first kappa shape index (κ1) is 14.4. The normalized spacial score (nSPS) is 19.1. The van der Waals surface area contributed by atoms with E-state index in [0.29, 0.717) is 17.4 Å². The van der Waals surface area contributed by atoms with E-state index in [2.05, 4.69) is 6.92 Å². The molecular weight excluding hydrogens is 260 g/mol. The number of phenolic OH excluding ortho intramolecular Hbond substituents is 1. The summed E-state index contributed by atoms with van der Waals surface area (Å²) in [5.74, 6) is 1.21. The standard InChI is InChI=1S/C15H22O3S/c1-4-19(17,18)11(3)14-7-5-6-13(15(14)16)10(2)12-8-9-12/h5-7,10-12,16H,4,8-9H2,1-3H3. The number of benzene rings is 1. The lowest BCUT2D eigenvalue weighted by molar-refractivity contribution is 0.450. The second-order valence-electron chi connectivity index (χ2n) is 5.50. The molecule has 19 heavy (non-hydrogen) atoms. The SMILES string of the molecule is CCS(=O)(=O)C(C)c1cccc(C(C)C2CC2)c1O. The highest BCUT2D eigenvalue weighted by Crippen LogP contribution is 2.46. The van der Waals surface area contributed by atoms with Crippen LogP contribution in [0.15, 0.2) is 18.2 Å². The Kier molecular flexibility index (Phi) is 3.90. The van der Waals surface area contributed by atoms with E-state index in [1.165, 1.54) is 12.8 Å². The molecule has 0 bridgehead atoms. The van der Waals surface area contributed by atoms with Crippen LogP contribution in [0.4, 0.5) is 0 Å². The summed E-state index contributed by atoms with van der Waals surface area (Å²) in [6.07, 6.45) is 2.40. The third-order valence-corrected chi connectivity index (χ3v) is 6.43. The van der Waals surface area contributed by atoms with Gasteiger partial charge in [0, 0.05) is 11.3 Å². The van der Waals surface area contributed by atoms with Crippen LogP contribution < -0.4 is 0 Å². The second-order valence-corrected chi connectivity index (χ2v) is 8.12. The fraction of sp³-hybridized carbons (Fsp3) is 0.600. The van der Waals surface area contributed by atoms with Crippen molar-refractivity contribution in [2.45, 2.75) is 44.8 Å². The van der Waals surface area contributed by atoms with Gasteiger partial charge in [0.05, 0.1) is 5.25 Å². The van der Waals surface area contributed by atoms with Crippen LogP contribution in [0.5, 0.6) is 5.75 Å². The first-order chi connectivity index (χ1) is 8.88. The van der Waals surface area contributed by atoms with Crippen molar-refractivity contribution in [1.82, 2.24) is 0 Å². The lowest BCUT2D eigenvalue weighted by Crippen LogP contribution is -2.13. The molecule has 1 fully saturated rings. The molecule has 1 aromatic carbocycles. The third-order valence-electron chi connectivity index (χ3n) is 4.30. The molecule has 1 aliphatic carbocycles. The van der Waals surface area contributed by atoms with Gasteiger partial charge in [0.2, 0.25) is 0 Å². The molecule has 0 spiro atoms. The Hall–Kier alpha value is -1.03. The van der Waals surface area contributed by atoms with E-state index >= 15 is 0 Å². The van der Waals surface area contributed by atoms with Gasteiger partial charge in [0.1, 0.15) is 5.75 Å². The number of sulfone groups is 1. The van der Waals surface area contributed by atoms with E-state index in [1.54, 1.807) is 19.9 Å². The number of phenols is 1. The summed E-state index contributed by atoms with van der Waals surface area (Å²) >= 11 is 0. The van der Waals surface area contributed by atoms with Gasteiger partial charge in [-0.3, -0.25) is 0 Å². The molecule has 4 heteroatoms. The van der Waals surface area contributed by atoms with Crippen molar-refractivity contribution in [1.29, 1.82) is 0 Å². The van der Waals surface area contributed by atoms with Crippen LogP contribution in [0, 0.1) is 5.92 Å². The molecule has 106 valence electrons. The maximum absolute atomic E-state index is 12.0. The minimum atomic E-state index is -3.18. The highest BCUT2D eigenvalue weighted by atomic mass is 32.2. The van der Waals surface area contributed by atoms with Gasteiger partial charge in [-0.05, 0) is 37.2 Å². The molecule has 1 N–H and O–H groups in total. The zero-order chi connectivity index (χ0) is 14.2. The maximum atomic E-state index is 12.0. The molecule has 2 rings (SSSR count). The minimum Gasteiger partial charge on any atom is -0.507 e. The van der Waals surface area contributed by atoms with E-state index in [4.69, 9.17) is 0 Å². The monoisotopic (exact) mass is 282 g/mol. The van der Waals surface area contributed by atoms with Crippen molar-refractivity contribution in [3.05, 3.63) is 29.3 Å². The van der Waals surface area contributed by atoms with Crippen molar-refractivity contribution in [2.24, 2.45) is 5.92 Å². The van der Waals surface area contributed by atoms with E-state index < -0.39 is 15.1 Å². The zero-order valence-electron chi connectivity index (χ0n) is 11.8. The van der Waals surface area contributed by atoms with Gasteiger partial charge < -0.3 is 5.11 Å². The van der Waals surface area contributed by atoms with Gasteiger partial charge >= 0.3 is 0 Å². The van der Waals surface area contributed by atoms with Crippen molar-refractivity contribution >= 4 is 9.84 Å². The van der Waals surface area contributed by atoms with E-state index in [1.807, 2.05) is 12.1 Å². The van der Waals surface area contributed by atoms with Crippen LogP contribution in [-0.4, -0.2) is 19.3 Å². The Morgan fingerprint density at radius 3 is 2.37 bits per heavy atom. The molecule has 0 radical (unpaired) electrons. The smallest absolute Gasteiger partial charge is 0.156 e. The summed E-state index contributed by atoms with van der Waals surface area (Å²) in [7, 11) is -3.18. The number of hydrogen-bond donors (Lipinski definition) is 1. The third kappa shape index (κ3) is 2.78. The average molecular weight is 282 g/mol. The van der Waals surface area contributed by atoms with Crippen molar-refractivity contribution in [3.8, 4) is 5.75 Å². The quantitative estimate of drug-likeness (QED) is 0.900. The summed E-state index contributed by atoms with van der Waals surface area (Å²) in [5, 5.41) is 9.75. The van der Waals surface area contributed by atoms with Crippen molar-refractivity contribution in [2.75, 3.05) is 5.75 Å². The summed E-state index contributed by atoms with van der Waals surface area (Å²) in [6.45, 7) is 5.40. The highest BCUT2D eigenvalue weighted by molar-refractivity contribution is 7.91. The number of hydrogen-bond acceptors (Lipinski definition) is 3. The Morgan fingerprint density at radius 2 is 1.84 bits per heavy atom. The molecule has 2 atom stereocenters. The van der Waals surface area contributed by atoms with E-state index in [-0.39, 0.29) is 11.5 Å². The fourth-order valence-electron chi connectivity index (χ4n) is 2.57. The molecule has 0 aliphatic heterocycles. The van der Waals surface area contributed by atoms with Gasteiger partial charge in [-0.15, -0.1) is 0 Å². The predicted octanol–water partition coefficient (Wildman–Crippen LogP) is 3.40. The van der Waals surface area contributed by atoms with Gasteiger partial charge in [-0.25, -0.2) is 8.42 Å². The zero-order valence-corrected chi connectivity index (χ0v) is 12.6. The molecule has 1 aromatic rings. The first-order valence-corrected chi connectivity index (χ1v) is 8.63. The van der Waals surface area contributed by atoms with Gasteiger partial charge in [-0.2, -0.15) is 0 Å². The van der Waals surface area contributed by atoms with Gasteiger partial charge in [0.25, 0.3) is 0 Å². The molecule has 0 amide bonds. The molecule has 0 heterocycles. The number of rotatable bonds is 5. The molecule has 0 aromatic heterocycles. The lowest BCUT2D eigenvalue weighted by Gasteiger charge is -2.19. The van der Waals surface area contributed by atoms with E-state index in [9.17, 15) is 13.5 Å². The Labute approximate surface area is 115 Å². The average Bonchev–Trinajstić information content (AvgIpc) is 3.21. The lowest BCUT2D eigenvalue weighted by atomic mass is 9.93. The van der Waals surface area contributed by atoms with Crippen LogP contribution in [-0.2, 0) is 9.84 Å². The summed E-state index contributed by atoms with van der Waals surface area (Å²) in [5.41, 5.74) is 1.42. The largest absolute Gasteiger partial charge is 0.507 e. The second kappa shape index (κ2) is 5.16. The van der Waals surface area contributed by atoms with Crippen molar-refractivity contribution < 1.29 is 13.5 Å². The maximum Gasteiger partial charge on any atom is 0.156 e. The van der Waals surface area contributed by atoms with Crippen LogP contribution in [0.2, 0.25) is 0 Å². The predicted molar refractivity (Wildman–Crippen MR) is 77.1 cm³/mol. The molecular formula is C15H22O3S. The van der Waals surface area contributed by atoms with Crippen LogP contribution in [0.1, 0.15) is 55.9 Å².